The summed E-state index contributed by atoms with van der Waals surface area (Å²) in [5, 5.41) is 13.4. The summed E-state index contributed by atoms with van der Waals surface area (Å²) in [6.45, 7) is 0. The minimum atomic E-state index is -0.235. The van der Waals surface area contributed by atoms with Crippen LogP contribution in [0, 0.1) is 0 Å². The first-order chi connectivity index (χ1) is 7.75. The fourth-order valence-electron chi connectivity index (χ4n) is 2.87. The van der Waals surface area contributed by atoms with Crippen LogP contribution in [0.3, 0.4) is 0 Å². The minimum absolute atomic E-state index is 0.0365. The van der Waals surface area contributed by atoms with Crippen LogP contribution in [0.1, 0.15) is 35.4 Å². The van der Waals surface area contributed by atoms with E-state index in [4.69, 9.17) is 0 Å². The van der Waals surface area contributed by atoms with Gasteiger partial charge in [-0.3, -0.25) is 4.79 Å². The summed E-state index contributed by atoms with van der Waals surface area (Å²) in [4.78, 5) is 14.7. The third-order valence-corrected chi connectivity index (χ3v) is 4.17. The van der Waals surface area contributed by atoms with Gasteiger partial charge in [-0.25, -0.2) is 0 Å². The highest BCUT2D eigenvalue weighted by molar-refractivity contribution is 7.07. The monoisotopic (exact) mass is 239 g/mol. The number of aromatic nitrogens is 2. The molecule has 16 heavy (non-hydrogen) atoms. The van der Waals surface area contributed by atoms with Crippen LogP contribution >= 0.6 is 11.5 Å². The maximum atomic E-state index is 12.2. The van der Waals surface area contributed by atoms with Gasteiger partial charge >= 0.3 is 0 Å². The van der Waals surface area contributed by atoms with Crippen molar-refractivity contribution in [3.63, 3.8) is 0 Å². The number of fused-ring (bicyclic) bond motifs is 2. The maximum Gasteiger partial charge on any atom is 0.267 e. The average molecular weight is 239 g/mol. The van der Waals surface area contributed by atoms with Crippen molar-refractivity contribution in [2.45, 2.75) is 43.9 Å². The largest absolute Gasteiger partial charge is 0.393 e. The second-order valence-electron chi connectivity index (χ2n) is 4.50. The third-order valence-electron chi connectivity index (χ3n) is 3.51. The van der Waals surface area contributed by atoms with Gasteiger partial charge in [0.2, 0.25) is 0 Å². The number of rotatable bonds is 1. The highest BCUT2D eigenvalue weighted by Gasteiger charge is 2.43. The number of hydrogen-bond donors (Lipinski definition) is 1. The highest BCUT2D eigenvalue weighted by atomic mass is 32.1. The van der Waals surface area contributed by atoms with Crippen LogP contribution in [0.2, 0.25) is 0 Å². The summed E-state index contributed by atoms with van der Waals surface area (Å²) in [6.07, 6.45) is 4.75. The molecule has 3 heterocycles. The van der Waals surface area contributed by atoms with Crippen molar-refractivity contribution in [1.82, 2.24) is 14.5 Å². The van der Waals surface area contributed by atoms with Gasteiger partial charge < -0.3 is 10.0 Å². The van der Waals surface area contributed by atoms with Crippen molar-refractivity contribution >= 4 is 17.4 Å². The Morgan fingerprint density at radius 3 is 2.69 bits per heavy atom. The molecule has 86 valence electrons. The van der Waals surface area contributed by atoms with Gasteiger partial charge in [-0.1, -0.05) is 4.49 Å². The Balaban J connectivity index is 1.84. The molecule has 2 saturated heterocycles. The highest BCUT2D eigenvalue weighted by Crippen LogP contribution is 2.36. The molecule has 1 aromatic heterocycles. The molecule has 2 unspecified atom stereocenters. The number of amides is 1. The molecule has 1 N–H and O–H groups in total. The van der Waals surface area contributed by atoms with Gasteiger partial charge in [-0.2, -0.15) is 0 Å². The lowest BCUT2D eigenvalue weighted by Crippen LogP contribution is -2.47. The number of carbonyl (C=O) groups is 1. The first-order valence-corrected chi connectivity index (χ1v) is 6.31. The van der Waals surface area contributed by atoms with E-state index in [9.17, 15) is 9.90 Å². The van der Waals surface area contributed by atoms with E-state index in [1.807, 2.05) is 4.90 Å². The van der Waals surface area contributed by atoms with Gasteiger partial charge in [0, 0.05) is 12.1 Å². The van der Waals surface area contributed by atoms with E-state index >= 15 is 0 Å². The number of piperidine rings is 1. The molecule has 2 atom stereocenters. The fourth-order valence-corrected chi connectivity index (χ4v) is 3.33. The standard InChI is InChI=1S/C10H13N3O2S/c14-8-3-6-1-2-7(4-8)13(6)10(15)9-5-11-12-16-9/h5-8,14H,1-4H2. The van der Waals surface area contributed by atoms with E-state index in [-0.39, 0.29) is 24.1 Å². The van der Waals surface area contributed by atoms with E-state index in [2.05, 4.69) is 9.59 Å². The van der Waals surface area contributed by atoms with Gasteiger partial charge in [-0.15, -0.1) is 5.10 Å². The van der Waals surface area contributed by atoms with Gasteiger partial charge in [0.05, 0.1) is 12.3 Å². The fraction of sp³-hybridized carbons (Fsp3) is 0.700. The minimum Gasteiger partial charge on any atom is -0.393 e. The van der Waals surface area contributed by atoms with Crippen LogP contribution in [0.5, 0.6) is 0 Å². The van der Waals surface area contributed by atoms with E-state index in [0.717, 1.165) is 24.4 Å². The van der Waals surface area contributed by atoms with Gasteiger partial charge in [0.15, 0.2) is 0 Å². The first kappa shape index (κ1) is 10.2. The normalized spacial score (nSPS) is 33.1. The van der Waals surface area contributed by atoms with Crippen LogP contribution in [0.15, 0.2) is 6.20 Å². The molecule has 0 saturated carbocycles. The Bertz CT molecular complexity index is 381. The predicted octanol–water partition coefficient (Wildman–Crippen LogP) is 0.666. The van der Waals surface area contributed by atoms with Crippen molar-refractivity contribution < 1.29 is 9.90 Å². The van der Waals surface area contributed by atoms with Crippen molar-refractivity contribution in [1.29, 1.82) is 0 Å². The van der Waals surface area contributed by atoms with Gasteiger partial charge in [-0.05, 0) is 37.2 Å². The molecular formula is C10H13N3O2S. The summed E-state index contributed by atoms with van der Waals surface area (Å²) in [5.41, 5.74) is 0. The smallest absolute Gasteiger partial charge is 0.267 e. The summed E-state index contributed by atoms with van der Waals surface area (Å²) >= 11 is 1.14. The molecule has 0 spiro atoms. The summed E-state index contributed by atoms with van der Waals surface area (Å²) in [7, 11) is 0. The van der Waals surface area contributed by atoms with E-state index < -0.39 is 0 Å². The van der Waals surface area contributed by atoms with Crippen LogP contribution < -0.4 is 0 Å². The van der Waals surface area contributed by atoms with Gasteiger partial charge in [0.25, 0.3) is 5.91 Å². The summed E-state index contributed by atoms with van der Waals surface area (Å²) in [5.74, 6) is 0.0365. The predicted molar refractivity (Wildman–Crippen MR) is 58.1 cm³/mol. The summed E-state index contributed by atoms with van der Waals surface area (Å²) < 4.78 is 3.72. The van der Waals surface area contributed by atoms with Crippen LogP contribution in [0.4, 0.5) is 0 Å². The summed E-state index contributed by atoms with van der Waals surface area (Å²) in [6, 6.07) is 0.423. The Morgan fingerprint density at radius 2 is 2.12 bits per heavy atom. The maximum absolute atomic E-state index is 12.2. The molecule has 5 nitrogen and oxygen atoms in total. The average Bonchev–Trinajstić information content (AvgIpc) is 2.85. The Labute approximate surface area is 97.2 Å². The molecule has 0 aromatic carbocycles. The lowest BCUT2D eigenvalue weighted by molar-refractivity contribution is 0.0290. The lowest BCUT2D eigenvalue weighted by Gasteiger charge is -2.36. The van der Waals surface area contributed by atoms with E-state index in [0.29, 0.717) is 17.7 Å². The zero-order valence-corrected chi connectivity index (χ0v) is 9.56. The quantitative estimate of drug-likeness (QED) is 0.782. The Morgan fingerprint density at radius 1 is 1.44 bits per heavy atom. The SMILES string of the molecule is O=C(c1cnns1)N1C2CCC1CC(O)C2. The van der Waals surface area contributed by atoms with Crippen LogP contribution in [-0.4, -0.2) is 43.7 Å². The number of hydrogen-bond acceptors (Lipinski definition) is 5. The Hall–Kier alpha value is -1.01. The third kappa shape index (κ3) is 1.53. The molecule has 1 aromatic rings. The zero-order valence-electron chi connectivity index (χ0n) is 8.74. The molecule has 2 aliphatic rings. The van der Waals surface area contributed by atoms with Crippen molar-refractivity contribution in [2.75, 3.05) is 0 Å². The van der Waals surface area contributed by atoms with Crippen LogP contribution in [0.25, 0.3) is 0 Å². The number of aliphatic hydroxyl groups is 1. The molecule has 1 amide bonds. The van der Waals surface area contributed by atoms with Crippen molar-refractivity contribution in [3.8, 4) is 0 Å². The van der Waals surface area contributed by atoms with Crippen molar-refractivity contribution in [2.24, 2.45) is 0 Å². The number of carbonyl (C=O) groups excluding carboxylic acids is 1. The van der Waals surface area contributed by atoms with Crippen molar-refractivity contribution in [3.05, 3.63) is 11.1 Å². The molecule has 3 rings (SSSR count). The topological polar surface area (TPSA) is 66.3 Å². The molecule has 0 radical (unpaired) electrons. The van der Waals surface area contributed by atoms with E-state index in [1.165, 1.54) is 6.20 Å². The molecular weight excluding hydrogens is 226 g/mol. The zero-order chi connectivity index (χ0) is 11.1. The molecule has 0 aliphatic carbocycles. The molecule has 2 fully saturated rings. The van der Waals surface area contributed by atoms with Gasteiger partial charge in [0.1, 0.15) is 4.88 Å². The molecule has 2 aliphatic heterocycles. The van der Waals surface area contributed by atoms with Crippen LogP contribution in [-0.2, 0) is 0 Å². The number of aliphatic hydroxyl groups excluding tert-OH is 1. The van der Waals surface area contributed by atoms with E-state index in [1.54, 1.807) is 0 Å². The second kappa shape index (κ2) is 3.78. The number of nitrogens with zero attached hydrogens (tertiary/aromatic N) is 3. The molecule has 6 heteroatoms. The first-order valence-electron chi connectivity index (χ1n) is 5.54. The Kier molecular flexibility index (Phi) is 2.40. The second-order valence-corrected chi connectivity index (χ2v) is 5.29. The lowest BCUT2D eigenvalue weighted by atomic mass is 10.00. The molecule has 2 bridgehead atoms.